The van der Waals surface area contributed by atoms with E-state index in [4.69, 9.17) is 9.47 Å². The van der Waals surface area contributed by atoms with Crippen molar-refractivity contribution in [2.24, 2.45) is 0 Å². The first-order valence-electron chi connectivity index (χ1n) is 14.0. The highest BCUT2D eigenvalue weighted by atomic mass is 19.2. The van der Waals surface area contributed by atoms with E-state index in [1.54, 1.807) is 9.80 Å². The zero-order valence-corrected chi connectivity index (χ0v) is 23.1. The fourth-order valence-electron chi connectivity index (χ4n) is 6.28. The SMILES string of the molecule is CN1CCN(C(=O)OCOc2c3n(ncc2=O)[C@@H](C(c2ccccc2)c2cccc(F)c2F)[C@H]2CCCN2C3=O)CC1. The molecular weight excluding hydrogens is 548 g/mol. The van der Waals surface area contributed by atoms with Gasteiger partial charge in [0, 0.05) is 44.2 Å². The average Bonchev–Trinajstić information content (AvgIpc) is 3.49. The van der Waals surface area contributed by atoms with Gasteiger partial charge in [0.15, 0.2) is 17.3 Å². The quantitative estimate of drug-likeness (QED) is 0.414. The maximum absolute atomic E-state index is 15.4. The number of benzene rings is 2. The second kappa shape index (κ2) is 11.5. The highest BCUT2D eigenvalue weighted by Gasteiger charge is 2.49. The van der Waals surface area contributed by atoms with E-state index in [0.29, 0.717) is 51.1 Å². The lowest BCUT2D eigenvalue weighted by Crippen LogP contribution is -2.51. The number of hydrogen-bond acceptors (Lipinski definition) is 7. The number of ether oxygens (including phenoxy) is 2. The lowest BCUT2D eigenvalue weighted by molar-refractivity contribution is 0.0234. The second-order valence-electron chi connectivity index (χ2n) is 10.8. The van der Waals surface area contributed by atoms with Crippen molar-refractivity contribution in [3.8, 4) is 5.75 Å². The van der Waals surface area contributed by atoms with Gasteiger partial charge in [0.25, 0.3) is 5.91 Å². The van der Waals surface area contributed by atoms with Crippen molar-refractivity contribution in [2.45, 2.75) is 30.8 Å². The van der Waals surface area contributed by atoms with Crippen molar-refractivity contribution in [1.82, 2.24) is 24.5 Å². The summed E-state index contributed by atoms with van der Waals surface area (Å²) in [5.41, 5.74) is 0.0412. The highest BCUT2D eigenvalue weighted by molar-refractivity contribution is 5.96. The van der Waals surface area contributed by atoms with Crippen LogP contribution in [-0.4, -0.2) is 89.1 Å². The molecule has 0 saturated carbocycles. The van der Waals surface area contributed by atoms with Crippen LogP contribution in [0.25, 0.3) is 0 Å². The summed E-state index contributed by atoms with van der Waals surface area (Å²) in [5.74, 6) is -3.48. The number of carbonyl (C=O) groups is 2. The van der Waals surface area contributed by atoms with Crippen molar-refractivity contribution < 1.29 is 27.8 Å². The van der Waals surface area contributed by atoms with Gasteiger partial charge in [0.2, 0.25) is 18.0 Å². The number of rotatable bonds is 6. The van der Waals surface area contributed by atoms with Crippen LogP contribution in [0.4, 0.5) is 13.6 Å². The van der Waals surface area contributed by atoms with Gasteiger partial charge in [-0.25, -0.2) is 13.6 Å². The van der Waals surface area contributed by atoms with Gasteiger partial charge < -0.3 is 24.2 Å². The summed E-state index contributed by atoms with van der Waals surface area (Å²) < 4.78 is 42.4. The average molecular weight is 580 g/mol. The topological polar surface area (TPSA) is 97.2 Å². The van der Waals surface area contributed by atoms with Crippen LogP contribution in [0.15, 0.2) is 59.5 Å². The number of halogens is 2. The number of likely N-dealkylation sites (N-methyl/N-ethyl adjacent to an activating group) is 1. The first kappa shape index (κ1) is 27.8. The largest absolute Gasteiger partial charge is 0.451 e. The van der Waals surface area contributed by atoms with Gasteiger partial charge in [0.05, 0.1) is 18.3 Å². The van der Waals surface area contributed by atoms with Crippen LogP contribution in [0.1, 0.15) is 46.4 Å². The van der Waals surface area contributed by atoms with E-state index in [1.807, 2.05) is 37.4 Å². The van der Waals surface area contributed by atoms with E-state index < -0.39 is 53.9 Å². The number of carbonyl (C=O) groups excluding carboxylic acids is 2. The minimum absolute atomic E-state index is 0.112. The van der Waals surface area contributed by atoms with Crippen molar-refractivity contribution >= 4 is 12.0 Å². The predicted molar refractivity (Wildman–Crippen MR) is 147 cm³/mol. The molecule has 0 bridgehead atoms. The van der Waals surface area contributed by atoms with Gasteiger partial charge in [-0.2, -0.15) is 5.10 Å². The molecule has 0 radical (unpaired) electrons. The van der Waals surface area contributed by atoms with E-state index in [0.717, 1.165) is 12.3 Å². The van der Waals surface area contributed by atoms with E-state index in [2.05, 4.69) is 10.00 Å². The number of piperazine rings is 1. The maximum atomic E-state index is 15.4. The minimum Gasteiger partial charge on any atom is -0.451 e. The van der Waals surface area contributed by atoms with Gasteiger partial charge >= 0.3 is 6.09 Å². The second-order valence-corrected chi connectivity index (χ2v) is 10.8. The molecule has 0 N–H and O–H groups in total. The molecule has 220 valence electrons. The molecule has 12 heteroatoms. The van der Waals surface area contributed by atoms with Crippen LogP contribution in [-0.2, 0) is 4.74 Å². The lowest BCUT2D eigenvalue weighted by Gasteiger charge is -2.42. The molecule has 2 aromatic carbocycles. The van der Waals surface area contributed by atoms with E-state index >= 15 is 4.39 Å². The Kier molecular flexibility index (Phi) is 7.63. The maximum Gasteiger partial charge on any atom is 0.412 e. The third-order valence-corrected chi connectivity index (χ3v) is 8.37. The predicted octanol–water partition coefficient (Wildman–Crippen LogP) is 3.23. The number of fused-ring (bicyclic) bond motifs is 2. The first-order valence-corrected chi connectivity index (χ1v) is 14.0. The molecule has 3 aliphatic heterocycles. The fraction of sp³-hybridized carbons (Fsp3) is 0.400. The molecule has 0 spiro atoms. The normalized spacial score (nSPS) is 21.1. The molecular formula is C30H31F2N5O5. The monoisotopic (exact) mass is 579 g/mol. The van der Waals surface area contributed by atoms with Gasteiger partial charge in [-0.3, -0.25) is 14.3 Å². The molecule has 3 aliphatic rings. The van der Waals surface area contributed by atoms with Crippen LogP contribution in [0.2, 0.25) is 0 Å². The van der Waals surface area contributed by atoms with E-state index in [-0.39, 0.29) is 17.0 Å². The Morgan fingerprint density at radius 2 is 1.79 bits per heavy atom. The Hall–Kier alpha value is -4.32. The Balaban J connectivity index is 1.39. The zero-order chi connectivity index (χ0) is 29.4. The van der Waals surface area contributed by atoms with Crippen LogP contribution in [0.3, 0.4) is 0 Å². The van der Waals surface area contributed by atoms with Crippen LogP contribution >= 0.6 is 0 Å². The molecule has 0 aliphatic carbocycles. The Morgan fingerprint density at radius 3 is 2.55 bits per heavy atom. The minimum atomic E-state index is -0.984. The Morgan fingerprint density at radius 1 is 1.02 bits per heavy atom. The molecule has 3 atom stereocenters. The van der Waals surface area contributed by atoms with Crippen molar-refractivity contribution in [1.29, 1.82) is 0 Å². The Bertz CT molecular complexity index is 1540. The number of hydrogen-bond donors (Lipinski definition) is 0. The van der Waals surface area contributed by atoms with Crippen molar-refractivity contribution in [3.05, 3.63) is 93.4 Å². The summed E-state index contributed by atoms with van der Waals surface area (Å²) in [4.78, 5) is 44.7. The summed E-state index contributed by atoms with van der Waals surface area (Å²) in [6.45, 7) is 2.24. The van der Waals surface area contributed by atoms with Crippen molar-refractivity contribution in [3.63, 3.8) is 0 Å². The fourth-order valence-corrected chi connectivity index (χ4v) is 6.28. The van der Waals surface area contributed by atoms with Crippen LogP contribution in [0.5, 0.6) is 5.75 Å². The van der Waals surface area contributed by atoms with Gasteiger partial charge in [-0.15, -0.1) is 0 Å². The van der Waals surface area contributed by atoms with Gasteiger partial charge in [0.1, 0.15) is 0 Å². The molecule has 1 aromatic heterocycles. The molecule has 6 rings (SSSR count). The molecule has 42 heavy (non-hydrogen) atoms. The van der Waals surface area contributed by atoms with Gasteiger partial charge in [-0.1, -0.05) is 42.5 Å². The summed E-state index contributed by atoms with van der Waals surface area (Å²) in [5, 5.41) is 4.36. The van der Waals surface area contributed by atoms with Crippen molar-refractivity contribution in [2.75, 3.05) is 46.6 Å². The summed E-state index contributed by atoms with van der Waals surface area (Å²) in [6, 6.07) is 12.1. The lowest BCUT2D eigenvalue weighted by atomic mass is 9.79. The summed E-state index contributed by atoms with van der Waals surface area (Å²) in [6.07, 6.45) is 1.76. The molecule has 2 fully saturated rings. The summed E-state index contributed by atoms with van der Waals surface area (Å²) in [7, 11) is 1.96. The molecule has 3 aromatic rings. The smallest absolute Gasteiger partial charge is 0.412 e. The number of nitrogens with zero attached hydrogens (tertiary/aromatic N) is 5. The van der Waals surface area contributed by atoms with Crippen LogP contribution in [0, 0.1) is 11.6 Å². The third-order valence-electron chi connectivity index (χ3n) is 8.37. The standard InChI is InChI=1S/C30H31F2N5O5/c1-34-13-15-35(16-14-34)30(40)42-18-41-28-23(38)17-33-37-26(22-11-6-12-36(22)29(39)27(28)37)24(19-7-3-2-4-8-19)20-9-5-10-21(31)25(20)32/h2-5,7-10,17,22,24,26H,6,11-16,18H2,1H3/t22-,24?,26-/m1/s1. The van der Waals surface area contributed by atoms with Crippen LogP contribution < -0.4 is 10.2 Å². The number of aromatic nitrogens is 2. The Labute approximate surface area is 241 Å². The third kappa shape index (κ3) is 5.00. The first-order chi connectivity index (χ1) is 20.3. The zero-order valence-electron chi connectivity index (χ0n) is 23.1. The summed E-state index contributed by atoms with van der Waals surface area (Å²) >= 11 is 0. The highest BCUT2D eigenvalue weighted by Crippen LogP contribution is 2.46. The molecule has 2 amide bonds. The molecule has 1 unspecified atom stereocenters. The molecule has 10 nitrogen and oxygen atoms in total. The van der Waals surface area contributed by atoms with E-state index in [1.165, 1.54) is 16.8 Å². The van der Waals surface area contributed by atoms with E-state index in [9.17, 15) is 18.8 Å². The molecule has 4 heterocycles. The molecule has 2 saturated heterocycles. The number of amides is 2. The van der Waals surface area contributed by atoms with Gasteiger partial charge in [-0.05, 0) is 31.5 Å².